The number of hydrogen-bond donors (Lipinski definition) is 1. The molecule has 0 spiro atoms. The van der Waals surface area contributed by atoms with E-state index in [0.29, 0.717) is 44.0 Å². The van der Waals surface area contributed by atoms with E-state index in [9.17, 15) is 14.9 Å². The van der Waals surface area contributed by atoms with Crippen molar-refractivity contribution < 1.29 is 9.72 Å². The number of anilines is 1. The Morgan fingerprint density at radius 2 is 1.89 bits per heavy atom. The summed E-state index contributed by atoms with van der Waals surface area (Å²) in [5.74, 6) is 0. The van der Waals surface area contributed by atoms with Crippen molar-refractivity contribution in [3.63, 3.8) is 0 Å². The minimum atomic E-state index is -0.396. The summed E-state index contributed by atoms with van der Waals surface area (Å²) >= 11 is 0. The summed E-state index contributed by atoms with van der Waals surface area (Å²) in [6, 6.07) is 15.3. The van der Waals surface area contributed by atoms with Crippen molar-refractivity contribution in [2.24, 2.45) is 0 Å². The second-order valence-corrected chi connectivity index (χ2v) is 6.31. The van der Waals surface area contributed by atoms with Gasteiger partial charge < -0.3 is 10.2 Å². The lowest BCUT2D eigenvalue weighted by Gasteiger charge is -2.34. The number of amides is 2. The summed E-state index contributed by atoms with van der Waals surface area (Å²) in [5.41, 5.74) is 2.06. The van der Waals surface area contributed by atoms with Gasteiger partial charge in [-0.1, -0.05) is 18.2 Å². The van der Waals surface area contributed by atoms with Crippen LogP contribution in [-0.4, -0.2) is 46.9 Å². The van der Waals surface area contributed by atoms with Gasteiger partial charge in [0.25, 0.3) is 5.69 Å². The van der Waals surface area contributed by atoms with Gasteiger partial charge in [0.05, 0.1) is 16.6 Å². The first kappa shape index (κ1) is 18.4. The van der Waals surface area contributed by atoms with Crippen LogP contribution >= 0.6 is 0 Å². The van der Waals surface area contributed by atoms with Crippen molar-refractivity contribution >= 4 is 17.4 Å². The van der Waals surface area contributed by atoms with E-state index < -0.39 is 4.92 Å². The molecule has 1 heterocycles. The number of nitrogens with one attached hydrogen (secondary N) is 1. The van der Waals surface area contributed by atoms with Crippen LogP contribution in [0.4, 0.5) is 16.2 Å². The van der Waals surface area contributed by atoms with Crippen LogP contribution in [0.25, 0.3) is 0 Å². The summed E-state index contributed by atoms with van der Waals surface area (Å²) in [7, 11) is 0. The lowest BCUT2D eigenvalue weighted by molar-refractivity contribution is -0.384. The van der Waals surface area contributed by atoms with E-state index in [-0.39, 0.29) is 11.7 Å². The minimum absolute atomic E-state index is 0.0881. The van der Waals surface area contributed by atoms with Crippen LogP contribution in [0.2, 0.25) is 0 Å². The number of urea groups is 1. The van der Waals surface area contributed by atoms with Gasteiger partial charge in [0.1, 0.15) is 0 Å². The number of rotatable bonds is 4. The topological polar surface area (TPSA) is 103 Å². The number of piperazine rings is 1. The second-order valence-electron chi connectivity index (χ2n) is 6.31. The van der Waals surface area contributed by atoms with Crippen molar-refractivity contribution in [1.29, 1.82) is 5.26 Å². The summed E-state index contributed by atoms with van der Waals surface area (Å²) < 4.78 is 0. The van der Waals surface area contributed by atoms with Gasteiger partial charge >= 0.3 is 6.03 Å². The number of hydrogen-bond acceptors (Lipinski definition) is 5. The van der Waals surface area contributed by atoms with Gasteiger partial charge in [-0.2, -0.15) is 5.26 Å². The Balaban J connectivity index is 1.52. The average Bonchev–Trinajstić information content (AvgIpc) is 2.69. The predicted molar refractivity (Wildman–Crippen MR) is 100 cm³/mol. The molecule has 2 amide bonds. The second kappa shape index (κ2) is 8.29. The molecule has 0 atom stereocenters. The van der Waals surface area contributed by atoms with Crippen molar-refractivity contribution in [2.75, 3.05) is 31.5 Å². The van der Waals surface area contributed by atoms with E-state index >= 15 is 0 Å². The third-order valence-electron chi connectivity index (χ3n) is 4.43. The molecule has 0 bridgehead atoms. The zero-order valence-corrected chi connectivity index (χ0v) is 14.7. The number of non-ortho nitro benzene ring substituents is 1. The fourth-order valence-corrected chi connectivity index (χ4v) is 3.00. The van der Waals surface area contributed by atoms with E-state index in [1.165, 1.54) is 6.07 Å². The predicted octanol–water partition coefficient (Wildman–Crippen LogP) is 2.82. The summed E-state index contributed by atoms with van der Waals surface area (Å²) in [6.45, 7) is 3.13. The molecule has 2 aromatic carbocycles. The lowest BCUT2D eigenvalue weighted by Crippen LogP contribution is -2.49. The molecule has 0 aromatic heterocycles. The maximum absolute atomic E-state index is 12.4. The number of carbonyl (C=O) groups is 1. The Hall–Kier alpha value is -3.44. The van der Waals surface area contributed by atoms with E-state index in [0.717, 1.165) is 5.56 Å². The molecule has 8 nitrogen and oxygen atoms in total. The fourth-order valence-electron chi connectivity index (χ4n) is 3.00. The van der Waals surface area contributed by atoms with Crippen molar-refractivity contribution in [3.05, 3.63) is 69.8 Å². The third-order valence-corrected chi connectivity index (χ3v) is 4.43. The van der Waals surface area contributed by atoms with Gasteiger partial charge in [-0.3, -0.25) is 15.0 Å². The number of nitro groups is 1. The first-order chi connectivity index (χ1) is 13.0. The van der Waals surface area contributed by atoms with Crippen LogP contribution in [0, 0.1) is 21.4 Å². The van der Waals surface area contributed by atoms with Crippen molar-refractivity contribution in [1.82, 2.24) is 9.80 Å². The highest BCUT2D eigenvalue weighted by Crippen LogP contribution is 2.16. The molecule has 27 heavy (non-hydrogen) atoms. The highest BCUT2D eigenvalue weighted by atomic mass is 16.6. The smallest absolute Gasteiger partial charge is 0.321 e. The molecule has 8 heteroatoms. The molecule has 138 valence electrons. The standard InChI is InChI=1S/C19H19N5O3/c20-13-15-3-1-5-17(11-15)21-19(25)23-9-7-22(8-10-23)14-16-4-2-6-18(12-16)24(26)27/h1-6,11-12H,7-10,14H2,(H,21,25). The maximum Gasteiger partial charge on any atom is 0.321 e. The van der Waals surface area contributed by atoms with Crippen molar-refractivity contribution in [3.8, 4) is 6.07 Å². The highest BCUT2D eigenvalue weighted by molar-refractivity contribution is 5.89. The molecule has 0 aliphatic carbocycles. The van der Waals surface area contributed by atoms with E-state index in [4.69, 9.17) is 5.26 Å². The average molecular weight is 365 g/mol. The zero-order valence-electron chi connectivity index (χ0n) is 14.7. The first-order valence-corrected chi connectivity index (χ1v) is 8.57. The molecule has 1 fully saturated rings. The molecular formula is C19H19N5O3. The number of nitro benzene ring substituents is 1. The molecule has 2 aromatic rings. The van der Waals surface area contributed by atoms with Gasteiger partial charge in [0.2, 0.25) is 0 Å². The van der Waals surface area contributed by atoms with E-state index in [1.54, 1.807) is 41.3 Å². The number of benzene rings is 2. The molecule has 0 radical (unpaired) electrons. The SMILES string of the molecule is N#Cc1cccc(NC(=O)N2CCN(Cc3cccc([N+](=O)[O-])c3)CC2)c1. The number of carbonyl (C=O) groups excluding carboxylic acids is 1. The van der Waals surface area contributed by atoms with Gasteiger partial charge in [0.15, 0.2) is 0 Å². The van der Waals surface area contributed by atoms with Crippen LogP contribution in [0.15, 0.2) is 48.5 Å². The van der Waals surface area contributed by atoms with Gasteiger partial charge in [-0.15, -0.1) is 0 Å². The number of nitriles is 1. The van der Waals surface area contributed by atoms with Crippen molar-refractivity contribution in [2.45, 2.75) is 6.54 Å². The van der Waals surface area contributed by atoms with Crippen LogP contribution in [-0.2, 0) is 6.54 Å². The maximum atomic E-state index is 12.4. The molecule has 1 saturated heterocycles. The Bertz CT molecular complexity index is 885. The Morgan fingerprint density at radius 1 is 1.15 bits per heavy atom. The van der Waals surface area contributed by atoms with Crippen LogP contribution in [0.1, 0.15) is 11.1 Å². The number of nitrogens with zero attached hydrogens (tertiary/aromatic N) is 4. The van der Waals surface area contributed by atoms with E-state index in [1.807, 2.05) is 12.1 Å². The third kappa shape index (κ3) is 4.80. The lowest BCUT2D eigenvalue weighted by atomic mass is 10.1. The minimum Gasteiger partial charge on any atom is -0.322 e. The monoisotopic (exact) mass is 365 g/mol. The van der Waals surface area contributed by atoms with Gasteiger partial charge in [-0.05, 0) is 23.8 Å². The normalized spacial score (nSPS) is 14.4. The van der Waals surface area contributed by atoms with E-state index in [2.05, 4.69) is 10.2 Å². The molecule has 1 aliphatic heterocycles. The molecular weight excluding hydrogens is 346 g/mol. The Morgan fingerprint density at radius 3 is 2.59 bits per heavy atom. The van der Waals surface area contributed by atoms with Gasteiger partial charge in [-0.25, -0.2) is 4.79 Å². The van der Waals surface area contributed by atoms with Gasteiger partial charge in [0, 0.05) is 50.5 Å². The summed E-state index contributed by atoms with van der Waals surface area (Å²) in [6.07, 6.45) is 0. The van der Waals surface area contributed by atoms with Crippen LogP contribution in [0.5, 0.6) is 0 Å². The molecule has 1 aliphatic rings. The largest absolute Gasteiger partial charge is 0.322 e. The molecule has 0 unspecified atom stereocenters. The van der Waals surface area contributed by atoms with Crippen LogP contribution in [0.3, 0.4) is 0 Å². The molecule has 3 rings (SSSR count). The summed E-state index contributed by atoms with van der Waals surface area (Å²) in [5, 5.41) is 22.6. The molecule has 0 saturated carbocycles. The van der Waals surface area contributed by atoms with Crippen LogP contribution < -0.4 is 5.32 Å². The molecule has 1 N–H and O–H groups in total. The quantitative estimate of drug-likeness (QED) is 0.663. The highest BCUT2D eigenvalue weighted by Gasteiger charge is 2.21. The Kier molecular flexibility index (Phi) is 5.64. The summed E-state index contributed by atoms with van der Waals surface area (Å²) in [4.78, 5) is 26.8. The first-order valence-electron chi connectivity index (χ1n) is 8.57. The zero-order chi connectivity index (χ0) is 19.2. The Labute approximate surface area is 156 Å². The fraction of sp³-hybridized carbons (Fsp3) is 0.263.